The van der Waals surface area contributed by atoms with Crippen LogP contribution in [0.3, 0.4) is 0 Å². The zero-order chi connectivity index (χ0) is 19.9. The second-order valence-corrected chi connectivity index (χ2v) is 7.34. The van der Waals surface area contributed by atoms with Crippen molar-refractivity contribution >= 4 is 27.7 Å². The predicted octanol–water partition coefficient (Wildman–Crippen LogP) is 3.13. The number of imidazole rings is 1. The van der Waals surface area contributed by atoms with E-state index in [2.05, 4.69) is 31.5 Å². The molecular weight excluding hydrogens is 420 g/mol. The number of aromatic nitrogens is 2. The molecular formula is C21H21BrN4O2. The van der Waals surface area contributed by atoms with Gasteiger partial charge in [0.1, 0.15) is 6.04 Å². The molecule has 0 saturated heterocycles. The van der Waals surface area contributed by atoms with Crippen LogP contribution in [0.2, 0.25) is 0 Å². The molecule has 1 heterocycles. The quantitative estimate of drug-likeness (QED) is 0.592. The summed E-state index contributed by atoms with van der Waals surface area (Å²) in [5.74, 6) is -0.515. The Balaban J connectivity index is 1.56. The first-order chi connectivity index (χ1) is 13.5. The third-order valence-electron chi connectivity index (χ3n) is 4.33. The molecule has 0 aliphatic rings. The number of nitrogens with one attached hydrogen (secondary N) is 2. The molecule has 2 aromatic carbocycles. The summed E-state index contributed by atoms with van der Waals surface area (Å²) in [4.78, 5) is 28.7. The number of rotatable bonds is 7. The van der Waals surface area contributed by atoms with Gasteiger partial charge in [0.15, 0.2) is 0 Å². The Hall–Kier alpha value is -2.93. The van der Waals surface area contributed by atoms with Gasteiger partial charge < -0.3 is 15.2 Å². The van der Waals surface area contributed by atoms with E-state index in [1.165, 1.54) is 0 Å². The lowest BCUT2D eigenvalue weighted by atomic mass is 10.1. The molecule has 0 fully saturated rings. The maximum Gasteiger partial charge on any atom is 0.251 e. The first-order valence-corrected chi connectivity index (χ1v) is 9.69. The molecule has 2 N–H and O–H groups in total. The van der Waals surface area contributed by atoms with E-state index in [0.29, 0.717) is 18.7 Å². The minimum atomic E-state index is -0.642. The lowest BCUT2D eigenvalue weighted by Crippen LogP contribution is -2.44. The van der Waals surface area contributed by atoms with E-state index in [4.69, 9.17) is 0 Å². The van der Waals surface area contributed by atoms with Gasteiger partial charge in [0.05, 0.1) is 6.33 Å². The van der Waals surface area contributed by atoms with Crippen LogP contribution in [0.25, 0.3) is 0 Å². The maximum absolute atomic E-state index is 12.4. The number of amides is 2. The van der Waals surface area contributed by atoms with E-state index in [0.717, 1.165) is 15.6 Å². The molecule has 1 atom stereocenters. The van der Waals surface area contributed by atoms with Gasteiger partial charge in [0, 0.05) is 35.5 Å². The van der Waals surface area contributed by atoms with Gasteiger partial charge in [0.2, 0.25) is 5.91 Å². The lowest BCUT2D eigenvalue weighted by molar-refractivity contribution is -0.122. The Morgan fingerprint density at radius 1 is 1.11 bits per heavy atom. The first kappa shape index (κ1) is 19.8. The van der Waals surface area contributed by atoms with Crippen molar-refractivity contribution in [2.75, 3.05) is 0 Å². The number of hydrogen-bond donors (Lipinski definition) is 2. The van der Waals surface area contributed by atoms with Crippen molar-refractivity contribution in [3.63, 3.8) is 0 Å². The molecule has 144 valence electrons. The van der Waals surface area contributed by atoms with Crippen LogP contribution in [-0.2, 0) is 17.9 Å². The van der Waals surface area contributed by atoms with E-state index in [9.17, 15) is 9.59 Å². The Morgan fingerprint density at radius 3 is 2.50 bits per heavy atom. The van der Waals surface area contributed by atoms with Gasteiger partial charge in [-0.15, -0.1) is 0 Å². The maximum atomic E-state index is 12.4. The number of nitrogens with zero attached hydrogens (tertiary/aromatic N) is 2. The van der Waals surface area contributed by atoms with Gasteiger partial charge in [-0.2, -0.15) is 0 Å². The highest BCUT2D eigenvalue weighted by Crippen LogP contribution is 2.12. The van der Waals surface area contributed by atoms with E-state index >= 15 is 0 Å². The fourth-order valence-electron chi connectivity index (χ4n) is 2.74. The molecule has 28 heavy (non-hydrogen) atoms. The number of benzene rings is 2. The van der Waals surface area contributed by atoms with Crippen molar-refractivity contribution in [3.05, 3.63) is 88.4 Å². The van der Waals surface area contributed by atoms with Gasteiger partial charge in [-0.3, -0.25) is 9.59 Å². The molecule has 0 saturated carbocycles. The van der Waals surface area contributed by atoms with Crippen molar-refractivity contribution < 1.29 is 9.59 Å². The molecule has 0 radical (unpaired) electrons. The van der Waals surface area contributed by atoms with Crippen molar-refractivity contribution in [3.8, 4) is 0 Å². The van der Waals surface area contributed by atoms with Gasteiger partial charge in [-0.1, -0.05) is 40.2 Å². The number of halogens is 1. The van der Waals surface area contributed by atoms with Crippen LogP contribution in [0.1, 0.15) is 28.4 Å². The average molecular weight is 441 g/mol. The van der Waals surface area contributed by atoms with E-state index in [1.54, 1.807) is 43.7 Å². The summed E-state index contributed by atoms with van der Waals surface area (Å²) >= 11 is 3.33. The Morgan fingerprint density at radius 2 is 1.82 bits per heavy atom. The highest BCUT2D eigenvalue weighted by Gasteiger charge is 2.16. The van der Waals surface area contributed by atoms with Crippen LogP contribution in [0.5, 0.6) is 0 Å². The Bertz CT molecular complexity index is 939. The second-order valence-electron chi connectivity index (χ2n) is 6.42. The number of carbonyl (C=O) groups excluding carboxylic acids is 2. The third-order valence-corrected chi connectivity index (χ3v) is 4.86. The Kier molecular flexibility index (Phi) is 6.60. The molecule has 7 heteroatoms. The zero-order valence-electron chi connectivity index (χ0n) is 15.4. The fourth-order valence-corrected chi connectivity index (χ4v) is 3.01. The van der Waals surface area contributed by atoms with Crippen molar-refractivity contribution in [1.29, 1.82) is 0 Å². The van der Waals surface area contributed by atoms with Gasteiger partial charge in [0.25, 0.3) is 5.91 Å². The van der Waals surface area contributed by atoms with E-state index < -0.39 is 6.04 Å². The van der Waals surface area contributed by atoms with Crippen LogP contribution < -0.4 is 10.6 Å². The molecule has 0 aliphatic carbocycles. The minimum Gasteiger partial charge on any atom is -0.350 e. The molecule has 1 aromatic heterocycles. The highest BCUT2D eigenvalue weighted by atomic mass is 79.9. The third kappa shape index (κ3) is 5.29. The standard InChI is InChI=1S/C21H21BrN4O2/c1-15(25-21(28)16-6-8-19(22)9-7-16)20(27)24-12-17-4-2-3-5-18(17)13-26-11-10-23-14-26/h2-11,14-15H,12-13H2,1H3,(H,24,27)(H,25,28)/t15-/m0/s1. The Labute approximate surface area is 172 Å². The molecule has 0 unspecified atom stereocenters. The summed E-state index contributed by atoms with van der Waals surface area (Å²) in [7, 11) is 0. The molecule has 6 nitrogen and oxygen atoms in total. The van der Waals surface area contributed by atoms with Crippen LogP contribution >= 0.6 is 15.9 Å². The smallest absolute Gasteiger partial charge is 0.251 e. The number of hydrogen-bond acceptors (Lipinski definition) is 3. The molecule has 0 spiro atoms. The van der Waals surface area contributed by atoms with E-state index in [1.807, 2.05) is 35.0 Å². The lowest BCUT2D eigenvalue weighted by Gasteiger charge is -2.16. The van der Waals surface area contributed by atoms with Crippen LogP contribution in [0, 0.1) is 0 Å². The van der Waals surface area contributed by atoms with Crippen molar-refractivity contribution in [2.45, 2.75) is 26.1 Å². The summed E-state index contributed by atoms with van der Waals surface area (Å²) < 4.78 is 2.87. The van der Waals surface area contributed by atoms with Gasteiger partial charge in [-0.25, -0.2) is 4.98 Å². The summed E-state index contributed by atoms with van der Waals surface area (Å²) in [5.41, 5.74) is 2.64. The van der Waals surface area contributed by atoms with Crippen molar-refractivity contribution in [1.82, 2.24) is 20.2 Å². The molecule has 3 aromatic rings. The molecule has 0 bridgehead atoms. The van der Waals surface area contributed by atoms with Crippen LogP contribution in [0.15, 0.2) is 71.7 Å². The predicted molar refractivity (Wildman–Crippen MR) is 111 cm³/mol. The second kappa shape index (κ2) is 9.32. The largest absolute Gasteiger partial charge is 0.350 e. The fraction of sp³-hybridized carbons (Fsp3) is 0.190. The first-order valence-electron chi connectivity index (χ1n) is 8.89. The zero-order valence-corrected chi connectivity index (χ0v) is 17.0. The van der Waals surface area contributed by atoms with Crippen LogP contribution in [-0.4, -0.2) is 27.4 Å². The van der Waals surface area contributed by atoms with E-state index in [-0.39, 0.29) is 11.8 Å². The van der Waals surface area contributed by atoms with Crippen molar-refractivity contribution in [2.24, 2.45) is 0 Å². The summed E-state index contributed by atoms with van der Waals surface area (Å²) in [5, 5.41) is 5.62. The number of carbonyl (C=O) groups is 2. The topological polar surface area (TPSA) is 76.0 Å². The highest BCUT2D eigenvalue weighted by molar-refractivity contribution is 9.10. The minimum absolute atomic E-state index is 0.233. The normalized spacial score (nSPS) is 11.6. The summed E-state index contributed by atoms with van der Waals surface area (Å²) in [6.07, 6.45) is 5.39. The van der Waals surface area contributed by atoms with Gasteiger partial charge in [-0.05, 0) is 42.3 Å². The summed E-state index contributed by atoms with van der Waals surface area (Å²) in [6, 6.07) is 14.3. The monoisotopic (exact) mass is 440 g/mol. The molecule has 3 rings (SSSR count). The molecule has 0 aliphatic heterocycles. The molecule has 2 amide bonds. The summed E-state index contributed by atoms with van der Waals surface area (Å²) in [6.45, 7) is 2.74. The van der Waals surface area contributed by atoms with Crippen LogP contribution in [0.4, 0.5) is 0 Å². The SMILES string of the molecule is C[C@H](NC(=O)c1ccc(Br)cc1)C(=O)NCc1ccccc1Cn1ccnc1. The van der Waals surface area contributed by atoms with Gasteiger partial charge >= 0.3 is 0 Å². The average Bonchev–Trinajstić information content (AvgIpc) is 3.20.